The van der Waals surface area contributed by atoms with Crippen LogP contribution in [0.25, 0.3) is 11.3 Å². The van der Waals surface area contributed by atoms with Crippen LogP contribution < -0.4 is 0 Å². The van der Waals surface area contributed by atoms with E-state index in [1.54, 1.807) is 0 Å². The summed E-state index contributed by atoms with van der Waals surface area (Å²) in [6.07, 6.45) is 0.510. The molecule has 0 spiro atoms. The quantitative estimate of drug-likeness (QED) is 0.861. The van der Waals surface area contributed by atoms with Crippen molar-refractivity contribution in [1.82, 2.24) is 0 Å². The Morgan fingerprint density at radius 2 is 2.06 bits per heavy atom. The Bertz CT molecular complexity index is 548. The summed E-state index contributed by atoms with van der Waals surface area (Å²) < 4.78 is 19.0. The van der Waals surface area contributed by atoms with Crippen molar-refractivity contribution < 1.29 is 18.7 Å². The van der Waals surface area contributed by atoms with Crippen LogP contribution in [-0.2, 0) is 0 Å². The zero-order valence-electron chi connectivity index (χ0n) is 7.91. The van der Waals surface area contributed by atoms with Crippen molar-refractivity contribution in [2.24, 2.45) is 0 Å². The summed E-state index contributed by atoms with van der Waals surface area (Å²) in [7, 11) is 0. The number of carbonyl (C=O) groups excluding carboxylic acids is 1. The van der Waals surface area contributed by atoms with E-state index in [0.717, 1.165) is 0 Å². The molecule has 0 saturated heterocycles. The zero-order chi connectivity index (χ0) is 11.7. The van der Waals surface area contributed by atoms with E-state index in [-0.39, 0.29) is 27.3 Å². The fourth-order valence-corrected chi connectivity index (χ4v) is 1.66. The second-order valence-corrected chi connectivity index (χ2v) is 3.93. The number of halogens is 2. The van der Waals surface area contributed by atoms with Gasteiger partial charge in [-0.05, 0) is 40.2 Å². The van der Waals surface area contributed by atoms with Gasteiger partial charge < -0.3 is 9.52 Å². The molecule has 0 amide bonds. The van der Waals surface area contributed by atoms with E-state index < -0.39 is 5.82 Å². The molecule has 1 aromatic carbocycles. The molecule has 0 aliphatic heterocycles. The van der Waals surface area contributed by atoms with Crippen LogP contribution in [0.2, 0.25) is 0 Å². The van der Waals surface area contributed by atoms with Crippen LogP contribution >= 0.6 is 15.9 Å². The Morgan fingerprint density at radius 3 is 2.69 bits per heavy atom. The van der Waals surface area contributed by atoms with Crippen LogP contribution in [-0.4, -0.2) is 11.4 Å². The zero-order valence-corrected chi connectivity index (χ0v) is 9.49. The summed E-state index contributed by atoms with van der Waals surface area (Å²) in [5, 5.41) is 9.54. The fraction of sp³-hybridized carbons (Fsp3) is 0. The number of hydrogen-bond acceptors (Lipinski definition) is 3. The minimum absolute atomic E-state index is 0.0672. The van der Waals surface area contributed by atoms with Gasteiger partial charge in [0.05, 0.1) is 10.0 Å². The molecule has 0 unspecified atom stereocenters. The van der Waals surface area contributed by atoms with Crippen LogP contribution in [0.15, 0.2) is 33.2 Å². The predicted octanol–water partition coefficient (Wildman–Crippen LogP) is 3.37. The number of rotatable bonds is 2. The largest absolute Gasteiger partial charge is 0.507 e. The molecule has 1 heterocycles. The first-order valence-electron chi connectivity index (χ1n) is 4.36. The molecule has 0 radical (unpaired) electrons. The van der Waals surface area contributed by atoms with Gasteiger partial charge in [-0.25, -0.2) is 4.39 Å². The summed E-state index contributed by atoms with van der Waals surface area (Å²) in [5.41, 5.74) is -0.0672. The molecule has 16 heavy (non-hydrogen) atoms. The molecule has 82 valence electrons. The van der Waals surface area contributed by atoms with Crippen molar-refractivity contribution in [3.8, 4) is 17.1 Å². The first-order valence-corrected chi connectivity index (χ1v) is 5.15. The topological polar surface area (TPSA) is 50.4 Å². The second kappa shape index (κ2) is 4.09. The Hall–Kier alpha value is -1.62. The maximum atomic E-state index is 13.7. The molecule has 2 rings (SSSR count). The van der Waals surface area contributed by atoms with Crippen LogP contribution in [0.4, 0.5) is 4.39 Å². The normalized spacial score (nSPS) is 10.4. The fourth-order valence-electron chi connectivity index (χ4n) is 1.33. The molecule has 5 heteroatoms. The molecule has 2 aromatic rings. The Morgan fingerprint density at radius 1 is 1.31 bits per heavy atom. The van der Waals surface area contributed by atoms with Gasteiger partial charge >= 0.3 is 0 Å². The van der Waals surface area contributed by atoms with E-state index >= 15 is 0 Å². The lowest BCUT2D eigenvalue weighted by atomic mass is 10.1. The van der Waals surface area contributed by atoms with Crippen molar-refractivity contribution in [3.05, 3.63) is 40.3 Å². The number of aldehydes is 1. The van der Waals surface area contributed by atoms with Crippen molar-refractivity contribution in [3.63, 3.8) is 0 Å². The SMILES string of the molecule is O=Cc1ccc(-c2c(O)ccc(Br)c2F)o1. The highest BCUT2D eigenvalue weighted by atomic mass is 79.9. The van der Waals surface area contributed by atoms with Crippen LogP contribution in [0.1, 0.15) is 10.6 Å². The standard InChI is InChI=1S/C11H6BrFO3/c12-7-2-3-8(15)10(11(7)13)9-4-1-6(5-14)16-9/h1-5,15H. The summed E-state index contributed by atoms with van der Waals surface area (Å²) in [6, 6.07) is 5.56. The maximum absolute atomic E-state index is 13.7. The number of phenols is 1. The minimum atomic E-state index is -0.633. The molecule has 0 aliphatic rings. The lowest BCUT2D eigenvalue weighted by Crippen LogP contribution is -1.85. The van der Waals surface area contributed by atoms with Gasteiger partial charge in [-0.1, -0.05) is 0 Å². The number of carbonyl (C=O) groups is 1. The number of hydrogen-bond donors (Lipinski definition) is 1. The highest BCUT2D eigenvalue weighted by Crippen LogP contribution is 2.36. The third kappa shape index (κ3) is 1.74. The first kappa shape index (κ1) is 10.9. The van der Waals surface area contributed by atoms with Crippen molar-refractivity contribution in [2.75, 3.05) is 0 Å². The monoisotopic (exact) mass is 284 g/mol. The van der Waals surface area contributed by atoms with Gasteiger partial charge in [0.2, 0.25) is 0 Å². The van der Waals surface area contributed by atoms with Gasteiger partial charge in [-0.2, -0.15) is 0 Å². The molecule has 3 nitrogen and oxygen atoms in total. The molecular formula is C11H6BrFO3. The third-order valence-electron chi connectivity index (χ3n) is 2.06. The average molecular weight is 285 g/mol. The smallest absolute Gasteiger partial charge is 0.185 e. The molecule has 1 N–H and O–H groups in total. The summed E-state index contributed by atoms with van der Waals surface area (Å²) in [6.45, 7) is 0. The highest BCUT2D eigenvalue weighted by Gasteiger charge is 2.16. The van der Waals surface area contributed by atoms with E-state index in [4.69, 9.17) is 4.42 Å². The molecule has 0 atom stereocenters. The number of phenolic OH excluding ortho intramolecular Hbond substituents is 1. The van der Waals surface area contributed by atoms with Gasteiger partial charge in [0.15, 0.2) is 17.9 Å². The number of benzene rings is 1. The molecule has 1 aromatic heterocycles. The molecular weight excluding hydrogens is 279 g/mol. The predicted molar refractivity (Wildman–Crippen MR) is 58.9 cm³/mol. The van der Waals surface area contributed by atoms with Crippen LogP contribution in [0.3, 0.4) is 0 Å². The van der Waals surface area contributed by atoms with Gasteiger partial charge in [0.1, 0.15) is 11.5 Å². The molecule has 0 aliphatic carbocycles. The summed E-state index contributed by atoms with van der Waals surface area (Å²) >= 11 is 3.00. The first-order chi connectivity index (χ1) is 7.63. The molecule has 0 fully saturated rings. The second-order valence-electron chi connectivity index (χ2n) is 3.08. The molecule has 0 bridgehead atoms. The summed E-state index contributed by atoms with van der Waals surface area (Å²) in [5.74, 6) is -0.688. The van der Waals surface area contributed by atoms with Gasteiger partial charge in [0, 0.05) is 0 Å². The van der Waals surface area contributed by atoms with Gasteiger partial charge in [-0.15, -0.1) is 0 Å². The van der Waals surface area contributed by atoms with E-state index in [1.807, 2.05) is 0 Å². The number of furan rings is 1. The van der Waals surface area contributed by atoms with Crippen LogP contribution in [0.5, 0.6) is 5.75 Å². The van der Waals surface area contributed by atoms with Crippen molar-refractivity contribution >= 4 is 22.2 Å². The summed E-state index contributed by atoms with van der Waals surface area (Å²) in [4.78, 5) is 10.4. The Balaban J connectivity index is 2.63. The third-order valence-corrected chi connectivity index (χ3v) is 2.67. The van der Waals surface area contributed by atoms with Crippen molar-refractivity contribution in [2.45, 2.75) is 0 Å². The van der Waals surface area contributed by atoms with E-state index in [1.165, 1.54) is 24.3 Å². The number of aromatic hydroxyl groups is 1. The van der Waals surface area contributed by atoms with Gasteiger partial charge in [0.25, 0.3) is 0 Å². The molecule has 0 saturated carbocycles. The Labute approximate surface area is 98.6 Å². The van der Waals surface area contributed by atoms with Crippen LogP contribution in [0, 0.1) is 5.82 Å². The lowest BCUT2D eigenvalue weighted by molar-refractivity contribution is 0.110. The Kier molecular flexibility index (Phi) is 2.78. The highest BCUT2D eigenvalue weighted by molar-refractivity contribution is 9.10. The average Bonchev–Trinajstić information content (AvgIpc) is 2.73. The lowest BCUT2D eigenvalue weighted by Gasteiger charge is -2.04. The minimum Gasteiger partial charge on any atom is -0.507 e. The maximum Gasteiger partial charge on any atom is 0.185 e. The van der Waals surface area contributed by atoms with E-state index in [9.17, 15) is 14.3 Å². The van der Waals surface area contributed by atoms with E-state index in [2.05, 4.69) is 15.9 Å². The van der Waals surface area contributed by atoms with Gasteiger partial charge in [-0.3, -0.25) is 4.79 Å². The van der Waals surface area contributed by atoms with Crippen molar-refractivity contribution in [1.29, 1.82) is 0 Å². The van der Waals surface area contributed by atoms with E-state index in [0.29, 0.717) is 6.29 Å².